The number of carbonyl (C=O) groups is 1. The Morgan fingerprint density at radius 3 is 2.08 bits per heavy atom. The highest BCUT2D eigenvalue weighted by atomic mass is 16.5. The first-order valence-electron chi connectivity index (χ1n) is 12.3. The first-order chi connectivity index (χ1) is 17.2. The molecule has 6 nitrogen and oxygen atoms in total. The Bertz CT molecular complexity index is 1120. The van der Waals surface area contributed by atoms with Crippen molar-refractivity contribution in [1.82, 2.24) is 4.90 Å². The molecule has 0 aliphatic carbocycles. The number of benzene rings is 3. The molecule has 3 rings (SSSR count). The molecule has 3 aromatic rings. The molecule has 0 atom stereocenters. The molecule has 2 amide bonds. The van der Waals surface area contributed by atoms with E-state index in [0.717, 1.165) is 22.6 Å². The van der Waals surface area contributed by atoms with Crippen molar-refractivity contribution in [3.63, 3.8) is 0 Å². The van der Waals surface area contributed by atoms with E-state index in [0.29, 0.717) is 37.6 Å². The molecule has 36 heavy (non-hydrogen) atoms. The number of nitrogens with zero attached hydrogens (tertiary/aromatic N) is 1. The van der Waals surface area contributed by atoms with Crippen molar-refractivity contribution in [3.8, 4) is 17.2 Å². The second kappa shape index (κ2) is 12.3. The third kappa shape index (κ3) is 7.41. The molecule has 0 radical (unpaired) electrons. The van der Waals surface area contributed by atoms with Crippen molar-refractivity contribution in [3.05, 3.63) is 83.4 Å². The average Bonchev–Trinajstić information content (AvgIpc) is 2.87. The van der Waals surface area contributed by atoms with Gasteiger partial charge in [0.2, 0.25) is 0 Å². The molecule has 3 aromatic carbocycles. The van der Waals surface area contributed by atoms with Gasteiger partial charge in [0.1, 0.15) is 5.75 Å². The zero-order chi connectivity index (χ0) is 26.1. The first-order valence-corrected chi connectivity index (χ1v) is 12.3. The normalized spacial score (nSPS) is 11.1. The van der Waals surface area contributed by atoms with E-state index in [1.54, 1.807) is 14.2 Å². The van der Waals surface area contributed by atoms with E-state index in [-0.39, 0.29) is 11.4 Å². The van der Waals surface area contributed by atoms with Crippen LogP contribution in [0, 0.1) is 0 Å². The summed E-state index contributed by atoms with van der Waals surface area (Å²) >= 11 is 0. The molecule has 1 N–H and O–H groups in total. The fourth-order valence-electron chi connectivity index (χ4n) is 3.89. The molecule has 0 aliphatic heterocycles. The Morgan fingerprint density at radius 2 is 1.50 bits per heavy atom. The van der Waals surface area contributed by atoms with Crippen molar-refractivity contribution < 1.29 is 19.0 Å². The van der Waals surface area contributed by atoms with Gasteiger partial charge in [-0.3, -0.25) is 0 Å². The van der Waals surface area contributed by atoms with Crippen LogP contribution in [0.4, 0.5) is 10.5 Å². The third-order valence-corrected chi connectivity index (χ3v) is 6.02. The van der Waals surface area contributed by atoms with Crippen LogP contribution in [0.3, 0.4) is 0 Å². The number of methoxy groups -OCH3 is 2. The lowest BCUT2D eigenvalue weighted by molar-refractivity contribution is 0.209. The van der Waals surface area contributed by atoms with Crippen LogP contribution >= 0.6 is 0 Å². The van der Waals surface area contributed by atoms with Crippen LogP contribution in [-0.4, -0.2) is 38.3 Å². The summed E-state index contributed by atoms with van der Waals surface area (Å²) in [7, 11) is 3.24. The predicted molar refractivity (Wildman–Crippen MR) is 145 cm³/mol. The number of ether oxygens (including phenoxy) is 3. The number of amides is 2. The first kappa shape index (κ1) is 26.9. The Labute approximate surface area is 215 Å². The minimum absolute atomic E-state index is 0.0800. The summed E-state index contributed by atoms with van der Waals surface area (Å²) in [5.74, 6) is 2.14. The molecule has 0 spiro atoms. The number of carbonyl (C=O) groups excluding carboxylic acids is 1. The predicted octanol–water partition coefficient (Wildman–Crippen LogP) is 6.68. The van der Waals surface area contributed by atoms with Crippen LogP contribution < -0.4 is 19.5 Å². The molecule has 192 valence electrons. The van der Waals surface area contributed by atoms with Gasteiger partial charge in [0.05, 0.1) is 20.8 Å². The van der Waals surface area contributed by atoms with Gasteiger partial charge < -0.3 is 24.4 Å². The van der Waals surface area contributed by atoms with Gasteiger partial charge in [-0.05, 0) is 71.8 Å². The molecule has 0 unspecified atom stereocenters. The number of rotatable bonds is 10. The van der Waals surface area contributed by atoms with Crippen LogP contribution in [0.1, 0.15) is 44.4 Å². The molecule has 0 bridgehead atoms. The fraction of sp³-hybridized carbons (Fsp3) is 0.367. The summed E-state index contributed by atoms with van der Waals surface area (Å²) < 4.78 is 16.3. The lowest BCUT2D eigenvalue weighted by atomic mass is 9.87. The van der Waals surface area contributed by atoms with Crippen LogP contribution in [-0.2, 0) is 18.4 Å². The summed E-state index contributed by atoms with van der Waals surface area (Å²) in [6.07, 6.45) is 0.678. The van der Waals surface area contributed by atoms with E-state index in [4.69, 9.17) is 14.2 Å². The standard InChI is InChI=1S/C30H38N2O4/c1-7-36-26-15-13-25(14-16-26)31-29(33)32(21-23-8-11-24(12-9-23)30(2,3)4)19-18-22-10-17-27(34-5)28(20-22)35-6/h8-17,20H,7,18-19,21H2,1-6H3,(H,31,33). The third-order valence-electron chi connectivity index (χ3n) is 6.02. The maximum atomic E-state index is 13.3. The van der Waals surface area contributed by atoms with Gasteiger partial charge in [0.15, 0.2) is 11.5 Å². The zero-order valence-corrected chi connectivity index (χ0v) is 22.3. The van der Waals surface area contributed by atoms with Gasteiger partial charge in [0.25, 0.3) is 0 Å². The average molecular weight is 491 g/mol. The second-order valence-corrected chi connectivity index (χ2v) is 9.70. The van der Waals surface area contributed by atoms with E-state index in [2.05, 4.69) is 50.4 Å². The van der Waals surface area contributed by atoms with Crippen molar-refractivity contribution in [1.29, 1.82) is 0 Å². The molecule has 6 heteroatoms. The Hall–Kier alpha value is -3.67. The highest BCUT2D eigenvalue weighted by molar-refractivity contribution is 5.89. The summed E-state index contributed by atoms with van der Waals surface area (Å²) in [5.41, 5.74) is 4.22. The number of hydrogen-bond acceptors (Lipinski definition) is 4. The van der Waals surface area contributed by atoms with Gasteiger partial charge in [-0.15, -0.1) is 0 Å². The molecule has 0 fully saturated rings. The summed E-state index contributed by atoms with van der Waals surface area (Å²) in [6.45, 7) is 10.2. The van der Waals surface area contributed by atoms with E-state index in [1.807, 2.05) is 54.3 Å². The minimum Gasteiger partial charge on any atom is -0.494 e. The minimum atomic E-state index is -0.153. The Kier molecular flexibility index (Phi) is 9.23. The zero-order valence-electron chi connectivity index (χ0n) is 22.3. The lowest BCUT2D eigenvalue weighted by Gasteiger charge is -2.25. The molecule has 0 aliphatic rings. The van der Waals surface area contributed by atoms with Gasteiger partial charge in [-0.1, -0.05) is 51.1 Å². The molecule has 0 saturated heterocycles. The van der Waals surface area contributed by atoms with Gasteiger partial charge in [-0.25, -0.2) is 4.79 Å². The summed E-state index contributed by atoms with van der Waals surface area (Å²) in [5, 5.41) is 3.03. The maximum absolute atomic E-state index is 13.3. The Balaban J connectivity index is 1.77. The van der Waals surface area contributed by atoms with Gasteiger partial charge >= 0.3 is 6.03 Å². The van der Waals surface area contributed by atoms with Crippen molar-refractivity contribution in [2.75, 3.05) is 32.7 Å². The van der Waals surface area contributed by atoms with E-state index in [1.165, 1.54) is 5.56 Å². The summed E-state index contributed by atoms with van der Waals surface area (Å²) in [4.78, 5) is 15.2. The van der Waals surface area contributed by atoms with Gasteiger partial charge in [-0.2, -0.15) is 0 Å². The molecule has 0 aromatic heterocycles. The van der Waals surface area contributed by atoms with Crippen LogP contribution in [0.25, 0.3) is 0 Å². The van der Waals surface area contributed by atoms with Crippen LogP contribution in [0.15, 0.2) is 66.7 Å². The molecule has 0 saturated carbocycles. The number of nitrogens with one attached hydrogen (secondary N) is 1. The molecular formula is C30H38N2O4. The largest absolute Gasteiger partial charge is 0.494 e. The summed E-state index contributed by atoms with van der Waals surface area (Å²) in [6, 6.07) is 21.6. The van der Waals surface area contributed by atoms with E-state index < -0.39 is 0 Å². The van der Waals surface area contributed by atoms with Crippen LogP contribution in [0.5, 0.6) is 17.2 Å². The highest BCUT2D eigenvalue weighted by Crippen LogP contribution is 2.28. The topological polar surface area (TPSA) is 60.0 Å². The monoisotopic (exact) mass is 490 g/mol. The smallest absolute Gasteiger partial charge is 0.322 e. The van der Waals surface area contributed by atoms with E-state index in [9.17, 15) is 4.79 Å². The molecule has 0 heterocycles. The fourth-order valence-corrected chi connectivity index (χ4v) is 3.89. The number of urea groups is 1. The number of anilines is 1. The van der Waals surface area contributed by atoms with Crippen molar-refractivity contribution in [2.24, 2.45) is 0 Å². The van der Waals surface area contributed by atoms with Crippen molar-refractivity contribution in [2.45, 2.75) is 46.1 Å². The lowest BCUT2D eigenvalue weighted by Crippen LogP contribution is -2.36. The number of hydrogen-bond donors (Lipinski definition) is 1. The second-order valence-electron chi connectivity index (χ2n) is 9.70. The maximum Gasteiger partial charge on any atom is 0.322 e. The van der Waals surface area contributed by atoms with Crippen LogP contribution in [0.2, 0.25) is 0 Å². The quantitative estimate of drug-likeness (QED) is 0.344. The Morgan fingerprint density at radius 1 is 0.861 bits per heavy atom. The highest BCUT2D eigenvalue weighted by Gasteiger charge is 2.17. The SMILES string of the molecule is CCOc1ccc(NC(=O)N(CCc2ccc(OC)c(OC)c2)Cc2ccc(C(C)(C)C)cc2)cc1. The van der Waals surface area contributed by atoms with Gasteiger partial charge in [0, 0.05) is 18.8 Å². The molecular weight excluding hydrogens is 452 g/mol. The van der Waals surface area contributed by atoms with Crippen molar-refractivity contribution >= 4 is 11.7 Å². The van der Waals surface area contributed by atoms with E-state index >= 15 is 0 Å².